The molecule has 0 aromatic heterocycles. The van der Waals surface area contributed by atoms with Crippen molar-refractivity contribution in [3.8, 4) is 0 Å². The number of likely N-dealkylation sites (tertiary alicyclic amines) is 1. The number of amides is 2. The molecule has 6 nitrogen and oxygen atoms in total. The zero-order valence-electron chi connectivity index (χ0n) is 12.4. The topological polar surface area (TPSA) is 72.9 Å². The number of carboxylic acid groups (broad SMARTS) is 1. The standard InChI is InChI=1S/C14H25N3O3S/c18-13(19)10-12-2-1-4-17(11-12)14(20)15-3-5-16-6-8-21-9-7-16/h12H,1-11H2,(H,15,20)(H,18,19). The molecule has 0 saturated carbocycles. The number of rotatable bonds is 5. The number of nitrogens with one attached hydrogen (secondary N) is 1. The first-order valence-corrected chi connectivity index (χ1v) is 8.85. The van der Waals surface area contributed by atoms with Gasteiger partial charge in [0, 0.05) is 57.2 Å². The third-order valence-corrected chi connectivity index (χ3v) is 5.02. The van der Waals surface area contributed by atoms with Crippen LogP contribution in [0.4, 0.5) is 4.79 Å². The third-order valence-electron chi connectivity index (χ3n) is 4.08. The Hall–Kier alpha value is -0.950. The summed E-state index contributed by atoms with van der Waals surface area (Å²) in [5, 5.41) is 11.8. The van der Waals surface area contributed by atoms with Crippen molar-refractivity contribution in [3.05, 3.63) is 0 Å². The van der Waals surface area contributed by atoms with Gasteiger partial charge in [-0.15, -0.1) is 0 Å². The molecule has 2 aliphatic heterocycles. The normalized spacial score (nSPS) is 23.8. The summed E-state index contributed by atoms with van der Waals surface area (Å²) in [4.78, 5) is 27.0. The van der Waals surface area contributed by atoms with E-state index >= 15 is 0 Å². The molecule has 2 fully saturated rings. The van der Waals surface area contributed by atoms with Crippen molar-refractivity contribution < 1.29 is 14.7 Å². The monoisotopic (exact) mass is 315 g/mol. The van der Waals surface area contributed by atoms with Crippen LogP contribution >= 0.6 is 11.8 Å². The molecule has 1 unspecified atom stereocenters. The largest absolute Gasteiger partial charge is 0.481 e. The van der Waals surface area contributed by atoms with Gasteiger partial charge >= 0.3 is 12.0 Å². The molecular weight excluding hydrogens is 290 g/mol. The minimum absolute atomic E-state index is 0.0449. The Balaban J connectivity index is 1.66. The number of hydrogen-bond acceptors (Lipinski definition) is 4. The van der Waals surface area contributed by atoms with Gasteiger partial charge in [0.05, 0.1) is 0 Å². The summed E-state index contributed by atoms with van der Waals surface area (Å²) < 4.78 is 0. The van der Waals surface area contributed by atoms with Gasteiger partial charge < -0.3 is 15.3 Å². The zero-order valence-corrected chi connectivity index (χ0v) is 13.2. The van der Waals surface area contributed by atoms with Crippen LogP contribution < -0.4 is 5.32 Å². The Morgan fingerprint density at radius 3 is 2.71 bits per heavy atom. The second-order valence-corrected chi connectivity index (χ2v) is 6.96. The van der Waals surface area contributed by atoms with Crippen molar-refractivity contribution in [1.82, 2.24) is 15.1 Å². The lowest BCUT2D eigenvalue weighted by Crippen LogP contribution is -2.48. The number of hydrogen-bond donors (Lipinski definition) is 2. The molecule has 21 heavy (non-hydrogen) atoms. The van der Waals surface area contributed by atoms with Crippen LogP contribution in [0.2, 0.25) is 0 Å². The van der Waals surface area contributed by atoms with Crippen molar-refractivity contribution in [2.45, 2.75) is 19.3 Å². The van der Waals surface area contributed by atoms with Gasteiger partial charge in [-0.3, -0.25) is 9.69 Å². The van der Waals surface area contributed by atoms with Crippen LogP contribution in [-0.4, -0.2) is 77.7 Å². The zero-order chi connectivity index (χ0) is 15.1. The number of aliphatic carboxylic acids is 1. The minimum atomic E-state index is -0.773. The highest BCUT2D eigenvalue weighted by atomic mass is 32.2. The summed E-state index contributed by atoms with van der Waals surface area (Å²) in [6.45, 7) is 5.08. The SMILES string of the molecule is O=C(O)CC1CCCN(C(=O)NCCN2CCSCC2)C1. The number of carboxylic acids is 1. The fourth-order valence-electron chi connectivity index (χ4n) is 2.92. The fraction of sp³-hybridized carbons (Fsp3) is 0.857. The van der Waals surface area contributed by atoms with E-state index in [1.165, 1.54) is 11.5 Å². The minimum Gasteiger partial charge on any atom is -0.481 e. The highest BCUT2D eigenvalue weighted by Crippen LogP contribution is 2.19. The summed E-state index contributed by atoms with van der Waals surface area (Å²) >= 11 is 1.98. The highest BCUT2D eigenvalue weighted by Gasteiger charge is 2.25. The van der Waals surface area contributed by atoms with E-state index in [1.54, 1.807) is 4.90 Å². The molecule has 2 heterocycles. The maximum Gasteiger partial charge on any atom is 0.317 e. The maximum absolute atomic E-state index is 12.1. The van der Waals surface area contributed by atoms with Gasteiger partial charge in [0.15, 0.2) is 0 Å². The van der Waals surface area contributed by atoms with Crippen LogP contribution in [0, 0.1) is 5.92 Å². The van der Waals surface area contributed by atoms with E-state index < -0.39 is 5.97 Å². The smallest absolute Gasteiger partial charge is 0.317 e. The average molecular weight is 315 g/mol. The molecule has 2 saturated heterocycles. The maximum atomic E-state index is 12.1. The van der Waals surface area contributed by atoms with Crippen LogP contribution in [0.1, 0.15) is 19.3 Å². The second kappa shape index (κ2) is 8.48. The van der Waals surface area contributed by atoms with Crippen LogP contribution in [-0.2, 0) is 4.79 Å². The Labute approximate surface area is 130 Å². The molecule has 0 aromatic rings. The number of piperidine rings is 1. The van der Waals surface area contributed by atoms with Crippen LogP contribution in [0.25, 0.3) is 0 Å². The quantitative estimate of drug-likeness (QED) is 0.790. The molecule has 0 spiro atoms. The van der Waals surface area contributed by atoms with Gasteiger partial charge in [-0.2, -0.15) is 11.8 Å². The van der Waals surface area contributed by atoms with E-state index in [-0.39, 0.29) is 18.4 Å². The summed E-state index contributed by atoms with van der Waals surface area (Å²) in [5.41, 5.74) is 0. The van der Waals surface area contributed by atoms with Crippen molar-refractivity contribution >= 4 is 23.8 Å². The average Bonchev–Trinajstić information content (AvgIpc) is 2.48. The van der Waals surface area contributed by atoms with E-state index in [0.717, 1.165) is 39.0 Å². The molecule has 2 aliphatic rings. The summed E-state index contributed by atoms with van der Waals surface area (Å²) in [6.07, 6.45) is 1.96. The van der Waals surface area contributed by atoms with Crippen LogP contribution in [0.5, 0.6) is 0 Å². The van der Waals surface area contributed by atoms with E-state index in [1.807, 2.05) is 11.8 Å². The predicted octanol–water partition coefficient (Wildman–Crippen LogP) is 0.931. The number of nitrogens with zero attached hydrogens (tertiary/aromatic N) is 2. The van der Waals surface area contributed by atoms with E-state index in [9.17, 15) is 9.59 Å². The Bertz CT molecular complexity index is 361. The summed E-state index contributed by atoms with van der Waals surface area (Å²) in [5.74, 6) is 1.68. The van der Waals surface area contributed by atoms with E-state index in [4.69, 9.17) is 5.11 Å². The second-order valence-electron chi connectivity index (χ2n) is 5.74. The van der Waals surface area contributed by atoms with Gasteiger partial charge in [-0.1, -0.05) is 0 Å². The first-order chi connectivity index (χ1) is 10.1. The molecule has 2 amide bonds. The van der Waals surface area contributed by atoms with Crippen molar-refractivity contribution in [2.24, 2.45) is 5.92 Å². The summed E-state index contributed by atoms with van der Waals surface area (Å²) in [7, 11) is 0. The van der Waals surface area contributed by atoms with Gasteiger partial charge in [-0.25, -0.2) is 4.79 Å². The Kier molecular flexibility index (Phi) is 6.63. The fourth-order valence-corrected chi connectivity index (χ4v) is 3.90. The molecule has 1 atom stereocenters. The molecule has 0 aliphatic carbocycles. The van der Waals surface area contributed by atoms with Gasteiger partial charge in [-0.05, 0) is 18.8 Å². The molecular formula is C14H25N3O3S. The molecule has 2 rings (SSSR count). The summed E-state index contributed by atoms with van der Waals surface area (Å²) in [6, 6.07) is -0.0449. The molecule has 0 aromatic carbocycles. The first kappa shape index (κ1) is 16.4. The van der Waals surface area contributed by atoms with Crippen molar-refractivity contribution in [1.29, 1.82) is 0 Å². The van der Waals surface area contributed by atoms with Crippen molar-refractivity contribution in [2.75, 3.05) is 50.8 Å². The Morgan fingerprint density at radius 1 is 1.24 bits per heavy atom. The first-order valence-electron chi connectivity index (χ1n) is 7.70. The van der Waals surface area contributed by atoms with Gasteiger partial charge in [0.2, 0.25) is 0 Å². The van der Waals surface area contributed by atoms with E-state index in [0.29, 0.717) is 13.1 Å². The molecule has 0 radical (unpaired) electrons. The molecule has 7 heteroatoms. The highest BCUT2D eigenvalue weighted by molar-refractivity contribution is 7.99. The van der Waals surface area contributed by atoms with Gasteiger partial charge in [0.25, 0.3) is 0 Å². The molecule has 120 valence electrons. The lowest BCUT2D eigenvalue weighted by Gasteiger charge is -2.32. The van der Waals surface area contributed by atoms with Crippen LogP contribution in [0.15, 0.2) is 0 Å². The number of carbonyl (C=O) groups is 2. The molecule has 2 N–H and O–H groups in total. The van der Waals surface area contributed by atoms with Crippen molar-refractivity contribution in [3.63, 3.8) is 0 Å². The lowest BCUT2D eigenvalue weighted by atomic mass is 9.95. The number of carbonyl (C=O) groups excluding carboxylic acids is 1. The van der Waals surface area contributed by atoms with Gasteiger partial charge in [0.1, 0.15) is 0 Å². The predicted molar refractivity (Wildman–Crippen MR) is 83.7 cm³/mol. The third kappa shape index (κ3) is 5.74. The molecule has 0 bridgehead atoms. The number of urea groups is 1. The lowest BCUT2D eigenvalue weighted by molar-refractivity contribution is -0.138. The van der Waals surface area contributed by atoms with E-state index in [2.05, 4.69) is 10.2 Å². The Morgan fingerprint density at radius 2 is 2.00 bits per heavy atom. The number of thioether (sulfide) groups is 1. The van der Waals surface area contributed by atoms with Crippen LogP contribution in [0.3, 0.4) is 0 Å².